The van der Waals surface area contributed by atoms with E-state index >= 15 is 0 Å². The molecule has 4 heteroatoms. The molecule has 0 amide bonds. The second-order valence-corrected chi connectivity index (χ2v) is 6.91. The van der Waals surface area contributed by atoms with E-state index in [1.54, 1.807) is 0 Å². The fourth-order valence-corrected chi connectivity index (χ4v) is 2.63. The molecule has 0 aromatic heterocycles. The molecule has 0 saturated heterocycles. The van der Waals surface area contributed by atoms with E-state index in [9.17, 15) is 4.39 Å². The summed E-state index contributed by atoms with van der Waals surface area (Å²) in [5, 5.41) is 3.64. The summed E-state index contributed by atoms with van der Waals surface area (Å²) in [7, 11) is 0. The number of ether oxygens (including phenoxy) is 2. The van der Waals surface area contributed by atoms with Crippen LogP contribution in [0.3, 0.4) is 0 Å². The Balaban J connectivity index is 0.00000119. The number of alkyl halides is 1. The molecule has 1 rings (SSSR count). The summed E-state index contributed by atoms with van der Waals surface area (Å²) >= 11 is 0. The molecule has 1 aromatic carbocycles. The highest BCUT2D eigenvalue weighted by Gasteiger charge is 2.13. The minimum absolute atomic E-state index is 0.156. The van der Waals surface area contributed by atoms with Crippen LogP contribution in [0.1, 0.15) is 85.5 Å². The van der Waals surface area contributed by atoms with Crippen molar-refractivity contribution in [1.82, 2.24) is 0 Å². The summed E-state index contributed by atoms with van der Waals surface area (Å²) in [6.07, 6.45) is 5.03. The van der Waals surface area contributed by atoms with Gasteiger partial charge in [0.15, 0.2) is 6.29 Å². The van der Waals surface area contributed by atoms with Gasteiger partial charge in [-0.1, -0.05) is 52.7 Å². The van der Waals surface area contributed by atoms with E-state index < -0.39 is 0 Å². The van der Waals surface area contributed by atoms with E-state index in [0.29, 0.717) is 19.3 Å². The third-order valence-electron chi connectivity index (χ3n) is 4.55. The van der Waals surface area contributed by atoms with Crippen LogP contribution in [-0.2, 0) is 9.47 Å². The molecule has 0 aliphatic carbocycles. The molecule has 0 aliphatic heterocycles. The van der Waals surface area contributed by atoms with Crippen LogP contribution >= 0.6 is 0 Å². The second kappa shape index (κ2) is 17.0. The fraction of sp³-hybridized carbons (Fsp3) is 0.739. The summed E-state index contributed by atoms with van der Waals surface area (Å²) in [4.78, 5) is 0. The predicted octanol–water partition coefficient (Wildman–Crippen LogP) is 7.14. The summed E-state index contributed by atoms with van der Waals surface area (Å²) in [6.45, 7) is 13.9. The standard InChI is InChI=1S/C19H33NO2.C4H9F/c1-6-15(5)14-17(7-2)20-18-12-10-16(11-13-18)19(21-8-3)22-9-4;1-2-3-4-5/h10-13,15,17,19-20H,6-9,14H2,1-5H3;2-4H2,1H3. The summed E-state index contributed by atoms with van der Waals surface area (Å²) in [6, 6.07) is 8.97. The van der Waals surface area contributed by atoms with Crippen molar-refractivity contribution in [3.05, 3.63) is 29.8 Å². The molecule has 1 aromatic rings. The summed E-state index contributed by atoms with van der Waals surface area (Å²) < 4.78 is 22.3. The van der Waals surface area contributed by atoms with Crippen molar-refractivity contribution in [3.8, 4) is 0 Å². The lowest BCUT2D eigenvalue weighted by molar-refractivity contribution is -0.140. The van der Waals surface area contributed by atoms with E-state index in [0.717, 1.165) is 30.7 Å². The number of hydrogen-bond donors (Lipinski definition) is 1. The normalized spacial score (nSPS) is 13.0. The SMILES string of the molecule is CCCCF.CCOC(OCC)c1ccc(NC(CC)CC(C)CC)cc1. The van der Waals surface area contributed by atoms with E-state index in [-0.39, 0.29) is 13.0 Å². The summed E-state index contributed by atoms with van der Waals surface area (Å²) in [5.74, 6) is 0.761. The Morgan fingerprint density at radius 1 is 0.926 bits per heavy atom. The Hall–Kier alpha value is -1.13. The van der Waals surface area contributed by atoms with Gasteiger partial charge in [0.1, 0.15) is 0 Å². The van der Waals surface area contributed by atoms with Crippen LogP contribution in [0.15, 0.2) is 24.3 Å². The Kier molecular flexibility index (Phi) is 16.3. The van der Waals surface area contributed by atoms with Gasteiger partial charge < -0.3 is 14.8 Å². The molecule has 2 atom stereocenters. The molecule has 3 nitrogen and oxygen atoms in total. The molecule has 0 saturated carbocycles. The first-order chi connectivity index (χ1) is 13.1. The Bertz CT molecular complexity index is 431. The lowest BCUT2D eigenvalue weighted by atomic mass is 9.97. The van der Waals surface area contributed by atoms with Crippen LogP contribution in [0.5, 0.6) is 0 Å². The first-order valence-electron chi connectivity index (χ1n) is 10.7. The van der Waals surface area contributed by atoms with Crippen LogP contribution in [0.4, 0.5) is 10.1 Å². The molecule has 0 radical (unpaired) electrons. The maximum absolute atomic E-state index is 11.0. The molecule has 0 aliphatic rings. The zero-order valence-electron chi connectivity index (χ0n) is 18.4. The van der Waals surface area contributed by atoms with E-state index in [2.05, 4.69) is 50.4 Å². The van der Waals surface area contributed by atoms with Gasteiger partial charge in [0.25, 0.3) is 0 Å². The van der Waals surface area contributed by atoms with Gasteiger partial charge in [-0.05, 0) is 51.2 Å². The minimum Gasteiger partial charge on any atom is -0.382 e. The van der Waals surface area contributed by atoms with Crippen LogP contribution in [0.25, 0.3) is 0 Å². The molecular formula is C23H42FNO2. The highest BCUT2D eigenvalue weighted by Crippen LogP contribution is 2.22. The van der Waals surface area contributed by atoms with Gasteiger partial charge in [-0.2, -0.15) is 0 Å². The number of benzene rings is 1. The van der Waals surface area contributed by atoms with Gasteiger partial charge in [0.2, 0.25) is 0 Å². The van der Waals surface area contributed by atoms with E-state index in [1.165, 1.54) is 18.5 Å². The van der Waals surface area contributed by atoms with Crippen LogP contribution in [0.2, 0.25) is 0 Å². The van der Waals surface area contributed by atoms with Gasteiger partial charge in [-0.3, -0.25) is 4.39 Å². The predicted molar refractivity (Wildman–Crippen MR) is 115 cm³/mol. The summed E-state index contributed by atoms with van der Waals surface area (Å²) in [5.41, 5.74) is 2.25. The molecule has 1 N–H and O–H groups in total. The van der Waals surface area contributed by atoms with Crippen molar-refractivity contribution >= 4 is 5.69 Å². The van der Waals surface area contributed by atoms with Gasteiger partial charge in [-0.25, -0.2) is 0 Å². The van der Waals surface area contributed by atoms with Crippen LogP contribution in [0, 0.1) is 5.92 Å². The molecule has 0 bridgehead atoms. The van der Waals surface area contributed by atoms with E-state index in [4.69, 9.17) is 9.47 Å². The van der Waals surface area contributed by atoms with Crippen molar-refractivity contribution in [2.24, 2.45) is 5.92 Å². The minimum atomic E-state index is -0.258. The lowest BCUT2D eigenvalue weighted by Gasteiger charge is -2.22. The third-order valence-corrected chi connectivity index (χ3v) is 4.55. The topological polar surface area (TPSA) is 30.5 Å². The van der Waals surface area contributed by atoms with Crippen LogP contribution in [-0.4, -0.2) is 25.9 Å². The van der Waals surface area contributed by atoms with Gasteiger partial charge in [0, 0.05) is 30.5 Å². The smallest absolute Gasteiger partial charge is 0.183 e. The molecule has 0 fully saturated rings. The van der Waals surface area contributed by atoms with E-state index in [1.807, 2.05) is 20.8 Å². The third kappa shape index (κ3) is 12.0. The van der Waals surface area contributed by atoms with Gasteiger partial charge >= 0.3 is 0 Å². The molecular weight excluding hydrogens is 341 g/mol. The van der Waals surface area contributed by atoms with Crippen molar-refractivity contribution in [2.75, 3.05) is 25.2 Å². The molecule has 0 spiro atoms. The maximum atomic E-state index is 11.0. The quantitative estimate of drug-likeness (QED) is 0.367. The zero-order chi connectivity index (χ0) is 20.5. The maximum Gasteiger partial charge on any atom is 0.183 e. The number of unbranched alkanes of at least 4 members (excludes halogenated alkanes) is 1. The van der Waals surface area contributed by atoms with Crippen molar-refractivity contribution < 1.29 is 13.9 Å². The molecule has 2 unspecified atom stereocenters. The Morgan fingerprint density at radius 3 is 1.89 bits per heavy atom. The molecule has 158 valence electrons. The molecule has 0 heterocycles. The van der Waals surface area contributed by atoms with Crippen molar-refractivity contribution in [1.29, 1.82) is 0 Å². The fourth-order valence-electron chi connectivity index (χ4n) is 2.63. The first-order valence-corrected chi connectivity index (χ1v) is 10.7. The Labute approximate surface area is 167 Å². The van der Waals surface area contributed by atoms with Gasteiger partial charge in [-0.15, -0.1) is 0 Å². The van der Waals surface area contributed by atoms with Crippen LogP contribution < -0.4 is 5.32 Å². The largest absolute Gasteiger partial charge is 0.382 e. The zero-order valence-corrected chi connectivity index (χ0v) is 18.4. The monoisotopic (exact) mass is 383 g/mol. The van der Waals surface area contributed by atoms with Crippen molar-refractivity contribution in [3.63, 3.8) is 0 Å². The second-order valence-electron chi connectivity index (χ2n) is 6.91. The Morgan fingerprint density at radius 2 is 1.52 bits per heavy atom. The highest BCUT2D eigenvalue weighted by molar-refractivity contribution is 5.45. The number of halogens is 1. The number of hydrogen-bond acceptors (Lipinski definition) is 3. The number of nitrogens with one attached hydrogen (secondary N) is 1. The first kappa shape index (κ1) is 25.9. The molecule has 27 heavy (non-hydrogen) atoms. The average Bonchev–Trinajstić information content (AvgIpc) is 2.69. The number of rotatable bonds is 13. The van der Waals surface area contributed by atoms with Crippen molar-refractivity contribution in [2.45, 2.75) is 86.0 Å². The highest BCUT2D eigenvalue weighted by atomic mass is 19.1. The number of anilines is 1. The lowest BCUT2D eigenvalue weighted by Crippen LogP contribution is -2.21. The van der Waals surface area contributed by atoms with Gasteiger partial charge in [0.05, 0.1) is 6.67 Å². The average molecular weight is 384 g/mol.